The zero-order valence-corrected chi connectivity index (χ0v) is 11.5. The Labute approximate surface area is 115 Å². The second kappa shape index (κ2) is 5.64. The average molecular weight is 258 g/mol. The van der Waals surface area contributed by atoms with Crippen LogP contribution in [-0.4, -0.2) is 37.0 Å². The molecule has 0 unspecified atom stereocenters. The van der Waals surface area contributed by atoms with Crippen LogP contribution in [0.5, 0.6) is 0 Å². The van der Waals surface area contributed by atoms with Crippen molar-refractivity contribution in [2.75, 3.05) is 31.1 Å². The number of piperidine rings is 1. The molecule has 0 aliphatic carbocycles. The highest BCUT2D eigenvalue weighted by molar-refractivity contribution is 5.94. The topological polar surface area (TPSA) is 23.6 Å². The quantitative estimate of drug-likeness (QED) is 0.814. The zero-order valence-electron chi connectivity index (χ0n) is 11.5. The van der Waals surface area contributed by atoms with E-state index in [1.165, 1.54) is 24.9 Å². The Bertz CT molecular complexity index is 429. The first kappa shape index (κ1) is 12.5. The number of hydrogen-bond acceptors (Lipinski definition) is 2. The van der Waals surface area contributed by atoms with Gasteiger partial charge < -0.3 is 9.80 Å². The van der Waals surface area contributed by atoms with Crippen molar-refractivity contribution in [2.24, 2.45) is 0 Å². The summed E-state index contributed by atoms with van der Waals surface area (Å²) in [5.41, 5.74) is 2.10. The third kappa shape index (κ3) is 2.75. The summed E-state index contributed by atoms with van der Waals surface area (Å²) in [6.45, 7) is 4.15. The molecular weight excluding hydrogens is 236 g/mol. The van der Waals surface area contributed by atoms with Crippen molar-refractivity contribution in [1.82, 2.24) is 4.90 Å². The summed E-state index contributed by atoms with van der Waals surface area (Å²) in [5.74, 6) is 0.197. The Balaban J connectivity index is 1.69. The lowest BCUT2D eigenvalue weighted by molar-refractivity contribution is 0.0793. The van der Waals surface area contributed by atoms with Gasteiger partial charge in [-0.15, -0.1) is 0 Å². The highest BCUT2D eigenvalue weighted by Crippen LogP contribution is 2.21. The largest absolute Gasteiger partial charge is 0.372 e. The molecule has 1 aromatic rings. The van der Waals surface area contributed by atoms with Gasteiger partial charge in [-0.3, -0.25) is 4.79 Å². The molecule has 3 nitrogen and oxygen atoms in total. The number of nitrogens with zero attached hydrogens (tertiary/aromatic N) is 2. The summed E-state index contributed by atoms with van der Waals surface area (Å²) in [5, 5.41) is 0. The molecule has 1 amide bonds. The first-order chi connectivity index (χ1) is 9.34. The van der Waals surface area contributed by atoms with Gasteiger partial charge in [-0.25, -0.2) is 0 Å². The number of amides is 1. The lowest BCUT2D eigenvalue weighted by atomic mass is 10.1. The van der Waals surface area contributed by atoms with Crippen LogP contribution in [-0.2, 0) is 0 Å². The van der Waals surface area contributed by atoms with E-state index in [9.17, 15) is 4.79 Å². The molecule has 2 fully saturated rings. The maximum absolute atomic E-state index is 12.2. The van der Waals surface area contributed by atoms with E-state index in [-0.39, 0.29) is 5.91 Å². The molecule has 102 valence electrons. The number of carbonyl (C=O) groups is 1. The van der Waals surface area contributed by atoms with Crippen LogP contribution in [0.3, 0.4) is 0 Å². The van der Waals surface area contributed by atoms with E-state index in [1.807, 2.05) is 17.0 Å². The van der Waals surface area contributed by atoms with Gasteiger partial charge in [0.25, 0.3) is 5.91 Å². The molecule has 2 aliphatic heterocycles. The minimum absolute atomic E-state index is 0.197. The fourth-order valence-electron chi connectivity index (χ4n) is 3.07. The molecule has 0 N–H and O–H groups in total. The Morgan fingerprint density at radius 1 is 0.789 bits per heavy atom. The third-order valence-electron chi connectivity index (χ3n) is 4.23. The van der Waals surface area contributed by atoms with Crippen molar-refractivity contribution < 1.29 is 4.79 Å². The van der Waals surface area contributed by atoms with Gasteiger partial charge in [0.2, 0.25) is 0 Å². The van der Waals surface area contributed by atoms with E-state index in [0.29, 0.717) is 0 Å². The Morgan fingerprint density at radius 2 is 1.37 bits per heavy atom. The van der Waals surface area contributed by atoms with E-state index in [0.717, 1.165) is 44.6 Å². The SMILES string of the molecule is O=C(c1ccc(N2CCCCC2)cc1)N1CCCC1. The number of benzene rings is 1. The van der Waals surface area contributed by atoms with Gasteiger partial charge in [0, 0.05) is 37.4 Å². The fraction of sp³-hybridized carbons (Fsp3) is 0.562. The van der Waals surface area contributed by atoms with E-state index in [2.05, 4.69) is 17.0 Å². The molecular formula is C16H22N2O. The molecule has 19 heavy (non-hydrogen) atoms. The molecule has 0 atom stereocenters. The Morgan fingerprint density at radius 3 is 2.00 bits per heavy atom. The van der Waals surface area contributed by atoms with Gasteiger partial charge in [0.15, 0.2) is 0 Å². The summed E-state index contributed by atoms with van der Waals surface area (Å²) < 4.78 is 0. The monoisotopic (exact) mass is 258 g/mol. The van der Waals surface area contributed by atoms with E-state index in [4.69, 9.17) is 0 Å². The van der Waals surface area contributed by atoms with Crippen LogP contribution in [0.15, 0.2) is 24.3 Å². The van der Waals surface area contributed by atoms with Gasteiger partial charge in [-0.1, -0.05) is 0 Å². The molecule has 3 rings (SSSR count). The summed E-state index contributed by atoms with van der Waals surface area (Å²) >= 11 is 0. The molecule has 0 aromatic heterocycles. The lowest BCUT2D eigenvalue weighted by Crippen LogP contribution is -2.30. The molecule has 0 radical (unpaired) electrons. The van der Waals surface area contributed by atoms with Crippen LogP contribution in [0.2, 0.25) is 0 Å². The van der Waals surface area contributed by atoms with E-state index in [1.54, 1.807) is 0 Å². The molecule has 2 heterocycles. The normalized spacial score (nSPS) is 19.8. The van der Waals surface area contributed by atoms with Crippen LogP contribution >= 0.6 is 0 Å². The van der Waals surface area contributed by atoms with Crippen molar-refractivity contribution >= 4 is 11.6 Å². The van der Waals surface area contributed by atoms with Crippen molar-refractivity contribution in [3.63, 3.8) is 0 Å². The van der Waals surface area contributed by atoms with Crippen LogP contribution in [0.4, 0.5) is 5.69 Å². The maximum atomic E-state index is 12.2. The van der Waals surface area contributed by atoms with Crippen LogP contribution < -0.4 is 4.90 Å². The minimum atomic E-state index is 0.197. The van der Waals surface area contributed by atoms with Crippen LogP contribution in [0, 0.1) is 0 Å². The lowest BCUT2D eigenvalue weighted by Gasteiger charge is -2.29. The highest BCUT2D eigenvalue weighted by atomic mass is 16.2. The summed E-state index contributed by atoms with van der Waals surface area (Å²) in [4.78, 5) is 16.6. The Hall–Kier alpha value is -1.51. The molecule has 2 saturated heterocycles. The summed E-state index contributed by atoms with van der Waals surface area (Å²) in [6.07, 6.45) is 6.22. The van der Waals surface area contributed by atoms with Gasteiger partial charge in [-0.05, 0) is 56.4 Å². The van der Waals surface area contributed by atoms with Gasteiger partial charge in [0.1, 0.15) is 0 Å². The Kier molecular flexibility index (Phi) is 3.72. The zero-order chi connectivity index (χ0) is 13.1. The average Bonchev–Trinajstić information content (AvgIpc) is 3.02. The van der Waals surface area contributed by atoms with Gasteiger partial charge in [-0.2, -0.15) is 0 Å². The predicted octanol–water partition coefficient (Wildman–Crippen LogP) is 2.91. The highest BCUT2D eigenvalue weighted by Gasteiger charge is 2.19. The van der Waals surface area contributed by atoms with Crippen LogP contribution in [0.25, 0.3) is 0 Å². The first-order valence-corrected chi connectivity index (χ1v) is 7.49. The maximum Gasteiger partial charge on any atom is 0.253 e. The van der Waals surface area contributed by atoms with E-state index < -0.39 is 0 Å². The second-order valence-corrected chi connectivity index (χ2v) is 5.59. The number of rotatable bonds is 2. The second-order valence-electron chi connectivity index (χ2n) is 5.59. The van der Waals surface area contributed by atoms with Crippen molar-refractivity contribution in [1.29, 1.82) is 0 Å². The van der Waals surface area contributed by atoms with Crippen molar-refractivity contribution in [2.45, 2.75) is 32.1 Å². The molecule has 0 saturated carbocycles. The molecule has 0 spiro atoms. The number of carbonyl (C=O) groups excluding carboxylic acids is 1. The fourth-order valence-corrected chi connectivity index (χ4v) is 3.07. The third-order valence-corrected chi connectivity index (χ3v) is 4.23. The number of likely N-dealkylation sites (tertiary alicyclic amines) is 1. The molecule has 1 aromatic carbocycles. The number of hydrogen-bond donors (Lipinski definition) is 0. The van der Waals surface area contributed by atoms with Crippen molar-refractivity contribution in [3.8, 4) is 0 Å². The predicted molar refractivity (Wildman–Crippen MR) is 77.6 cm³/mol. The van der Waals surface area contributed by atoms with Gasteiger partial charge >= 0.3 is 0 Å². The van der Waals surface area contributed by atoms with Gasteiger partial charge in [0.05, 0.1) is 0 Å². The summed E-state index contributed by atoms with van der Waals surface area (Å²) in [7, 11) is 0. The minimum Gasteiger partial charge on any atom is -0.372 e. The first-order valence-electron chi connectivity index (χ1n) is 7.49. The number of anilines is 1. The molecule has 3 heteroatoms. The van der Waals surface area contributed by atoms with E-state index >= 15 is 0 Å². The molecule has 0 bridgehead atoms. The smallest absolute Gasteiger partial charge is 0.253 e. The van der Waals surface area contributed by atoms with Crippen molar-refractivity contribution in [3.05, 3.63) is 29.8 Å². The molecule has 2 aliphatic rings. The standard InChI is InChI=1S/C16H22N2O/c19-16(18-12-4-5-13-18)14-6-8-15(9-7-14)17-10-2-1-3-11-17/h6-9H,1-5,10-13H2. The van der Waals surface area contributed by atoms with Crippen LogP contribution in [0.1, 0.15) is 42.5 Å². The summed E-state index contributed by atoms with van der Waals surface area (Å²) in [6, 6.07) is 8.19.